The molecule has 2 N–H and O–H groups in total. The maximum atomic E-state index is 10.6. The van der Waals surface area contributed by atoms with Crippen molar-refractivity contribution < 1.29 is 19.1 Å². The number of rotatable bonds is 4. The molecular weight excluding hydrogens is 210 g/mol. The number of hydrogen-bond acceptors (Lipinski definition) is 4. The molecule has 0 saturated carbocycles. The van der Waals surface area contributed by atoms with E-state index in [4.69, 9.17) is 14.3 Å². The molecule has 0 bridgehead atoms. The van der Waals surface area contributed by atoms with Gasteiger partial charge in [0.05, 0.1) is 6.61 Å². The van der Waals surface area contributed by atoms with Crippen LogP contribution in [-0.4, -0.2) is 30.3 Å². The van der Waals surface area contributed by atoms with Gasteiger partial charge in [0.25, 0.3) is 0 Å². The van der Waals surface area contributed by atoms with Crippen LogP contribution in [0.5, 0.6) is 0 Å². The van der Waals surface area contributed by atoms with E-state index in [1.807, 2.05) is 6.92 Å². The Morgan fingerprint density at radius 1 is 1.62 bits per heavy atom. The van der Waals surface area contributed by atoms with Crippen LogP contribution in [0, 0.1) is 5.92 Å². The topological polar surface area (TPSA) is 71.7 Å². The highest BCUT2D eigenvalue weighted by Gasteiger charge is 2.23. The molecule has 0 aliphatic carbocycles. The molecule has 0 radical (unpaired) electrons. The Labute approximate surface area is 93.4 Å². The van der Waals surface area contributed by atoms with E-state index in [1.54, 1.807) is 6.07 Å². The first-order chi connectivity index (χ1) is 7.66. The predicted molar refractivity (Wildman–Crippen MR) is 57.7 cm³/mol. The summed E-state index contributed by atoms with van der Waals surface area (Å²) in [5, 5.41) is 11.9. The smallest absolute Gasteiger partial charge is 0.371 e. The lowest BCUT2D eigenvalue weighted by molar-refractivity contribution is 0.0663. The van der Waals surface area contributed by atoms with Gasteiger partial charge >= 0.3 is 5.97 Å². The van der Waals surface area contributed by atoms with E-state index in [-0.39, 0.29) is 11.8 Å². The summed E-state index contributed by atoms with van der Waals surface area (Å²) in [5.74, 6) is -0.141. The molecule has 2 atom stereocenters. The third kappa shape index (κ3) is 2.36. The highest BCUT2D eigenvalue weighted by Crippen LogP contribution is 2.21. The van der Waals surface area contributed by atoms with Crippen LogP contribution in [0.1, 0.15) is 23.9 Å². The lowest BCUT2D eigenvalue weighted by Crippen LogP contribution is -2.25. The summed E-state index contributed by atoms with van der Waals surface area (Å²) < 4.78 is 10.4. The summed E-state index contributed by atoms with van der Waals surface area (Å²) in [6, 6.07) is 3.30. The minimum atomic E-state index is -1.05. The third-order valence-corrected chi connectivity index (χ3v) is 2.86. The first-order valence-corrected chi connectivity index (χ1v) is 5.34. The Morgan fingerprint density at radius 2 is 2.44 bits per heavy atom. The molecule has 2 rings (SSSR count). The molecule has 1 aliphatic heterocycles. The predicted octanol–water partition coefficient (Wildman–Crippen LogP) is 1.81. The molecule has 0 spiro atoms. The van der Waals surface area contributed by atoms with E-state index in [9.17, 15) is 4.79 Å². The Morgan fingerprint density at radius 3 is 3.00 bits per heavy atom. The van der Waals surface area contributed by atoms with Crippen LogP contribution in [0.25, 0.3) is 0 Å². The zero-order valence-corrected chi connectivity index (χ0v) is 9.10. The second kappa shape index (κ2) is 4.57. The van der Waals surface area contributed by atoms with Crippen molar-refractivity contribution in [3.8, 4) is 0 Å². The zero-order valence-electron chi connectivity index (χ0n) is 9.10. The van der Waals surface area contributed by atoms with Gasteiger partial charge in [-0.2, -0.15) is 0 Å². The summed E-state index contributed by atoms with van der Waals surface area (Å²) in [6.07, 6.45) is 1.03. The minimum Gasteiger partial charge on any atom is -0.475 e. The fourth-order valence-corrected chi connectivity index (χ4v) is 1.82. The van der Waals surface area contributed by atoms with Crippen molar-refractivity contribution in [1.82, 2.24) is 0 Å². The molecule has 2 heterocycles. The van der Waals surface area contributed by atoms with E-state index in [0.717, 1.165) is 19.6 Å². The maximum Gasteiger partial charge on any atom is 0.371 e. The van der Waals surface area contributed by atoms with E-state index in [0.29, 0.717) is 11.8 Å². The molecule has 0 aromatic carbocycles. The van der Waals surface area contributed by atoms with Crippen molar-refractivity contribution in [2.45, 2.75) is 19.4 Å². The van der Waals surface area contributed by atoms with Crippen molar-refractivity contribution in [2.24, 2.45) is 5.92 Å². The van der Waals surface area contributed by atoms with Gasteiger partial charge in [0.1, 0.15) is 0 Å². The van der Waals surface area contributed by atoms with Crippen molar-refractivity contribution in [3.05, 3.63) is 17.9 Å². The van der Waals surface area contributed by atoms with Crippen molar-refractivity contribution in [1.29, 1.82) is 0 Å². The van der Waals surface area contributed by atoms with E-state index in [2.05, 4.69) is 5.32 Å². The standard InChI is InChI=1S/C11H15NO4/c1-7(8-4-5-15-6-8)12-10-3-2-9(16-10)11(13)14/h2-3,7-8,12H,4-6H2,1H3,(H,13,14). The third-order valence-electron chi connectivity index (χ3n) is 2.86. The summed E-state index contributed by atoms with van der Waals surface area (Å²) >= 11 is 0. The number of hydrogen-bond donors (Lipinski definition) is 2. The lowest BCUT2D eigenvalue weighted by Gasteiger charge is -2.18. The van der Waals surface area contributed by atoms with E-state index < -0.39 is 5.97 Å². The number of carboxylic acids is 1. The molecule has 5 heteroatoms. The van der Waals surface area contributed by atoms with Gasteiger partial charge in [0.2, 0.25) is 5.76 Å². The summed E-state index contributed by atoms with van der Waals surface area (Å²) in [6.45, 7) is 3.60. The molecule has 1 saturated heterocycles. The average molecular weight is 225 g/mol. The molecule has 88 valence electrons. The molecule has 5 nitrogen and oxygen atoms in total. The SMILES string of the molecule is CC(Nc1ccc(C(=O)O)o1)C1CCOC1. The normalized spacial score (nSPS) is 21.9. The van der Waals surface area contributed by atoms with Gasteiger partial charge in [0.15, 0.2) is 5.88 Å². The van der Waals surface area contributed by atoms with Crippen LogP contribution in [0.3, 0.4) is 0 Å². The monoisotopic (exact) mass is 225 g/mol. The van der Waals surface area contributed by atoms with Crippen LogP contribution in [0.15, 0.2) is 16.5 Å². The van der Waals surface area contributed by atoms with Gasteiger partial charge in [-0.25, -0.2) is 4.79 Å². The van der Waals surface area contributed by atoms with Gasteiger partial charge in [0, 0.05) is 24.6 Å². The van der Waals surface area contributed by atoms with Crippen LogP contribution < -0.4 is 5.32 Å². The molecule has 16 heavy (non-hydrogen) atoms. The first kappa shape index (κ1) is 11.0. The molecule has 1 aromatic heterocycles. The van der Waals surface area contributed by atoms with Crippen molar-refractivity contribution in [3.63, 3.8) is 0 Å². The molecule has 1 aromatic rings. The highest BCUT2D eigenvalue weighted by molar-refractivity contribution is 5.84. The van der Waals surface area contributed by atoms with Gasteiger partial charge in [-0.1, -0.05) is 0 Å². The largest absolute Gasteiger partial charge is 0.475 e. The number of furan rings is 1. The summed E-state index contributed by atoms with van der Waals surface area (Å²) in [7, 11) is 0. The van der Waals surface area contributed by atoms with Gasteiger partial charge in [-0.3, -0.25) is 0 Å². The number of aromatic carboxylic acids is 1. The Kier molecular flexibility index (Phi) is 3.14. The minimum absolute atomic E-state index is 0.0441. The van der Waals surface area contributed by atoms with Gasteiger partial charge < -0.3 is 19.6 Å². The number of carboxylic acid groups (broad SMARTS) is 1. The second-order valence-electron chi connectivity index (χ2n) is 4.03. The maximum absolute atomic E-state index is 10.6. The molecule has 1 aliphatic rings. The lowest BCUT2D eigenvalue weighted by atomic mass is 10.0. The molecule has 1 fully saturated rings. The quantitative estimate of drug-likeness (QED) is 0.817. The Hall–Kier alpha value is -1.49. The number of nitrogens with one attached hydrogen (secondary N) is 1. The zero-order chi connectivity index (χ0) is 11.5. The number of anilines is 1. The summed E-state index contributed by atoms with van der Waals surface area (Å²) in [5.41, 5.74) is 0. The molecular formula is C11H15NO4. The highest BCUT2D eigenvalue weighted by atomic mass is 16.5. The molecule has 0 amide bonds. The van der Waals surface area contributed by atoms with Crippen LogP contribution >= 0.6 is 0 Å². The van der Waals surface area contributed by atoms with Crippen LogP contribution in [-0.2, 0) is 4.74 Å². The van der Waals surface area contributed by atoms with Crippen molar-refractivity contribution >= 4 is 11.9 Å². The number of carbonyl (C=O) groups is 1. The average Bonchev–Trinajstić information content (AvgIpc) is 2.87. The fourth-order valence-electron chi connectivity index (χ4n) is 1.82. The first-order valence-electron chi connectivity index (χ1n) is 5.34. The molecule has 2 unspecified atom stereocenters. The van der Waals surface area contributed by atoms with Gasteiger partial charge in [-0.05, 0) is 19.4 Å². The van der Waals surface area contributed by atoms with E-state index in [1.165, 1.54) is 6.07 Å². The Balaban J connectivity index is 1.94. The number of ether oxygens (including phenoxy) is 1. The Bertz CT molecular complexity index is 368. The summed E-state index contributed by atoms with van der Waals surface area (Å²) in [4.78, 5) is 10.6. The van der Waals surface area contributed by atoms with E-state index >= 15 is 0 Å². The second-order valence-corrected chi connectivity index (χ2v) is 4.03. The van der Waals surface area contributed by atoms with Crippen molar-refractivity contribution in [2.75, 3.05) is 18.5 Å². The van der Waals surface area contributed by atoms with Crippen LogP contribution in [0.4, 0.5) is 5.88 Å². The fraction of sp³-hybridized carbons (Fsp3) is 0.545. The van der Waals surface area contributed by atoms with Gasteiger partial charge in [-0.15, -0.1) is 0 Å². The van der Waals surface area contributed by atoms with Crippen LogP contribution in [0.2, 0.25) is 0 Å².